The monoisotopic (exact) mass is 504 g/mol. The Kier molecular flexibility index (Phi) is 13.2. The number of carbonyl (C=O) groups is 2. The Morgan fingerprint density at radius 1 is 1.11 bits per heavy atom. The third kappa shape index (κ3) is 8.99. The molecule has 1 atom stereocenters. The van der Waals surface area contributed by atoms with Crippen LogP contribution in [0.2, 0.25) is 0 Å². The fraction of sp³-hybridized carbons (Fsp3) is 0.517. The summed E-state index contributed by atoms with van der Waals surface area (Å²) in [5.41, 5.74) is 4.61. The van der Waals surface area contributed by atoms with Crippen molar-refractivity contribution in [2.45, 2.75) is 64.5 Å². The second-order valence-electron chi connectivity index (χ2n) is 9.87. The Morgan fingerprint density at radius 2 is 1.83 bits per heavy atom. The van der Waals surface area contributed by atoms with Gasteiger partial charge in [-0.2, -0.15) is 11.8 Å². The molecule has 2 aromatic carbocycles. The molecule has 0 radical (unpaired) electrons. The Labute approximate surface area is 233 Å². The second kappa shape index (κ2) is 15.5. The number of hydrogen-bond donors (Lipinski definition) is 2. The zero-order valence-electron chi connectivity index (χ0n) is 21.4. The molecule has 2 N–H and O–H groups in total. The first-order valence-electron chi connectivity index (χ1n) is 12.8. The van der Waals surface area contributed by atoms with Gasteiger partial charge in [-0.05, 0) is 85.7 Å². The predicted molar refractivity (Wildman–Crippen MR) is 153 cm³/mol. The van der Waals surface area contributed by atoms with Gasteiger partial charge in [0.2, 0.25) is 0 Å². The summed E-state index contributed by atoms with van der Waals surface area (Å²) < 4.78 is 0. The normalized spacial score (nSPS) is 14.8. The van der Waals surface area contributed by atoms with Crippen LogP contribution in [0.15, 0.2) is 42.5 Å². The number of amides is 1. The van der Waals surface area contributed by atoms with Crippen molar-refractivity contribution in [2.75, 3.05) is 25.6 Å². The van der Waals surface area contributed by atoms with Crippen molar-refractivity contribution in [1.82, 2.24) is 10.2 Å². The first-order valence-corrected chi connectivity index (χ1v) is 14.2. The van der Waals surface area contributed by atoms with Crippen LogP contribution in [0.5, 0.6) is 0 Å². The van der Waals surface area contributed by atoms with Crippen LogP contribution >= 0.6 is 11.8 Å². The van der Waals surface area contributed by atoms with Crippen molar-refractivity contribution in [3.05, 3.63) is 59.2 Å². The van der Waals surface area contributed by atoms with Crippen molar-refractivity contribution < 1.29 is 14.7 Å². The van der Waals surface area contributed by atoms with Gasteiger partial charge in [0.25, 0.3) is 5.91 Å². The van der Waals surface area contributed by atoms with Crippen molar-refractivity contribution in [3.8, 4) is 11.1 Å². The van der Waals surface area contributed by atoms with E-state index >= 15 is 0 Å². The molecule has 3 rings (SSSR count). The molecule has 0 heterocycles. The molecule has 36 heavy (non-hydrogen) atoms. The van der Waals surface area contributed by atoms with Gasteiger partial charge in [0.1, 0.15) is 6.04 Å². The van der Waals surface area contributed by atoms with Crippen LogP contribution in [0.4, 0.5) is 0 Å². The van der Waals surface area contributed by atoms with E-state index in [4.69, 9.17) is 0 Å². The summed E-state index contributed by atoms with van der Waals surface area (Å²) in [6.45, 7) is 3.93. The van der Waals surface area contributed by atoms with Crippen LogP contribution in [0.3, 0.4) is 0 Å². The molecule has 0 bridgehead atoms. The summed E-state index contributed by atoms with van der Waals surface area (Å²) in [4.78, 5) is 27.3. The molecule has 0 spiro atoms. The molecular formula is C29H41LiN2O3S. The predicted octanol–water partition coefficient (Wildman–Crippen LogP) is 5.35. The summed E-state index contributed by atoms with van der Waals surface area (Å²) in [7, 11) is 2.17. The Morgan fingerprint density at radius 3 is 2.50 bits per heavy atom. The van der Waals surface area contributed by atoms with Gasteiger partial charge in [0, 0.05) is 12.1 Å². The maximum atomic E-state index is 13.2. The standard InChI is InChI=1S/C29H40N2O3S.Li.H/c1-21-9-7-8-12-24(21)26-19-23(20-31(2)17-15-22-10-5-4-6-11-22)13-14-25(26)28(32)30-27(29(33)34)16-18-35-3;;/h7-9,12-14,19,22,27H,4-6,10-11,15-18,20H2,1-3H3,(H,30,32)(H,33,34);;/t27-;;/m0../s1. The number of rotatable bonds is 12. The van der Waals surface area contributed by atoms with Crippen molar-refractivity contribution >= 4 is 42.5 Å². The van der Waals surface area contributed by atoms with E-state index in [1.165, 1.54) is 38.5 Å². The number of nitrogens with one attached hydrogen (secondary N) is 1. The van der Waals surface area contributed by atoms with E-state index in [9.17, 15) is 14.7 Å². The van der Waals surface area contributed by atoms with E-state index < -0.39 is 12.0 Å². The number of aliphatic carboxylic acids is 1. The van der Waals surface area contributed by atoms with Gasteiger partial charge in [-0.15, -0.1) is 0 Å². The minimum atomic E-state index is -0.999. The molecule has 1 amide bonds. The molecule has 0 aromatic heterocycles. The zero-order chi connectivity index (χ0) is 25.2. The fourth-order valence-corrected chi connectivity index (χ4v) is 5.46. The first-order chi connectivity index (χ1) is 16.9. The van der Waals surface area contributed by atoms with Gasteiger partial charge >= 0.3 is 24.8 Å². The molecule has 0 saturated heterocycles. The SMILES string of the molecule is CSCC[C@H](NC(=O)c1ccc(CN(C)CCC2CCCCC2)cc1-c1ccccc1C)C(=O)O.[LiH]. The third-order valence-corrected chi connectivity index (χ3v) is 7.72. The Hall–Kier alpha value is -1.71. The van der Waals surface area contributed by atoms with Crippen LogP contribution in [-0.2, 0) is 11.3 Å². The van der Waals surface area contributed by atoms with Crippen LogP contribution in [0.1, 0.15) is 66.4 Å². The van der Waals surface area contributed by atoms with Gasteiger partial charge in [-0.1, -0.05) is 62.4 Å². The van der Waals surface area contributed by atoms with E-state index in [0.29, 0.717) is 17.7 Å². The van der Waals surface area contributed by atoms with Crippen LogP contribution in [0.25, 0.3) is 11.1 Å². The third-order valence-electron chi connectivity index (χ3n) is 7.07. The number of carbonyl (C=O) groups excluding carboxylic acids is 1. The summed E-state index contributed by atoms with van der Waals surface area (Å²) in [6, 6.07) is 13.1. The average Bonchev–Trinajstić information content (AvgIpc) is 2.86. The van der Waals surface area contributed by atoms with Crippen molar-refractivity contribution in [1.29, 1.82) is 0 Å². The van der Waals surface area contributed by atoms with E-state index in [-0.39, 0.29) is 24.8 Å². The molecule has 1 aliphatic rings. The van der Waals surface area contributed by atoms with Gasteiger partial charge in [-0.25, -0.2) is 4.79 Å². The molecule has 192 valence electrons. The molecule has 1 aliphatic carbocycles. The average molecular weight is 505 g/mol. The topological polar surface area (TPSA) is 69.6 Å². The Bertz CT molecular complexity index is 994. The Balaban J connectivity index is 0.00000456. The van der Waals surface area contributed by atoms with Crippen LogP contribution in [-0.4, -0.2) is 72.4 Å². The van der Waals surface area contributed by atoms with E-state index in [2.05, 4.69) is 23.3 Å². The second-order valence-corrected chi connectivity index (χ2v) is 10.9. The summed E-state index contributed by atoms with van der Waals surface area (Å²) in [5, 5.41) is 12.3. The van der Waals surface area contributed by atoms with Gasteiger partial charge in [0.05, 0.1) is 0 Å². The van der Waals surface area contributed by atoms with E-state index in [0.717, 1.165) is 41.3 Å². The molecule has 2 aromatic rings. The van der Waals surface area contributed by atoms with Crippen LogP contribution in [0, 0.1) is 12.8 Å². The molecule has 1 saturated carbocycles. The number of hydrogen-bond acceptors (Lipinski definition) is 4. The summed E-state index contributed by atoms with van der Waals surface area (Å²) >= 11 is 1.57. The molecule has 5 nitrogen and oxygen atoms in total. The molecule has 7 heteroatoms. The zero-order valence-corrected chi connectivity index (χ0v) is 22.2. The molecule has 0 unspecified atom stereocenters. The van der Waals surface area contributed by atoms with Gasteiger partial charge < -0.3 is 15.3 Å². The summed E-state index contributed by atoms with van der Waals surface area (Å²) in [5.74, 6) is 0.191. The molecule has 1 fully saturated rings. The maximum absolute atomic E-state index is 13.2. The molecular weight excluding hydrogens is 463 g/mol. The first kappa shape index (κ1) is 30.5. The van der Waals surface area contributed by atoms with E-state index in [1.807, 2.05) is 49.6 Å². The number of thioether (sulfide) groups is 1. The number of nitrogens with zero attached hydrogens (tertiary/aromatic N) is 1. The van der Waals surface area contributed by atoms with Crippen molar-refractivity contribution in [2.24, 2.45) is 5.92 Å². The summed E-state index contributed by atoms with van der Waals surface area (Å²) in [6.07, 6.45) is 10.4. The van der Waals surface area contributed by atoms with E-state index in [1.54, 1.807) is 11.8 Å². The van der Waals surface area contributed by atoms with Crippen molar-refractivity contribution in [3.63, 3.8) is 0 Å². The quantitative estimate of drug-likeness (QED) is 0.381. The van der Waals surface area contributed by atoms with Gasteiger partial charge in [0.15, 0.2) is 0 Å². The number of carboxylic acids is 1. The fourth-order valence-electron chi connectivity index (χ4n) is 4.98. The van der Waals surface area contributed by atoms with Crippen LogP contribution < -0.4 is 5.32 Å². The van der Waals surface area contributed by atoms with Gasteiger partial charge in [-0.3, -0.25) is 4.79 Å². The number of carboxylic acid groups (broad SMARTS) is 1. The minimum absolute atomic E-state index is 0. The number of aryl methyl sites for hydroxylation is 1. The molecule has 0 aliphatic heterocycles. The number of benzene rings is 2.